The number of hydrogen-bond acceptors (Lipinski definition) is 10. The zero-order valence-corrected chi connectivity index (χ0v) is 34.8. The molecule has 1 aliphatic rings. The smallest absolute Gasteiger partial charge is 0.243 e. The molecule has 6 atom stereocenters. The highest BCUT2D eigenvalue weighted by molar-refractivity contribution is 5.89. The summed E-state index contributed by atoms with van der Waals surface area (Å²) in [6, 6.07) is 7.00. The van der Waals surface area contributed by atoms with E-state index in [1.807, 2.05) is 63.2 Å². The first-order chi connectivity index (χ1) is 27.2. The molecule has 1 aliphatic carbocycles. The molecule has 0 saturated heterocycles. The average Bonchev–Trinajstić information content (AvgIpc) is 3.18. The van der Waals surface area contributed by atoms with E-state index in [0.717, 1.165) is 44.2 Å². The van der Waals surface area contributed by atoms with Crippen LogP contribution in [-0.4, -0.2) is 101 Å². The fraction of sp³-hybridized carbons (Fsp3) is 0.643. The van der Waals surface area contributed by atoms with E-state index in [4.69, 9.17) is 5.73 Å². The Morgan fingerprint density at radius 1 is 0.930 bits per heavy atom. The molecule has 5 amide bonds. The topological polar surface area (TPSA) is 221 Å². The molecular formula is C42H67N9O6. The summed E-state index contributed by atoms with van der Waals surface area (Å²) in [6.07, 6.45) is 7.54. The SMILES string of the molecule is CC[C@H](C)[C@H](NC(=O)C[C@H](O)[C@H](CC1CCCCC1)NC(=O)[C@H](C)CNC(=O)[C@H](Cc1ccccc1)NC(=O)CCCN(C)C)C(=O)NCc1cnc(C)nc1N. The maximum Gasteiger partial charge on any atom is 0.243 e. The van der Waals surface area contributed by atoms with Gasteiger partial charge in [0.15, 0.2) is 0 Å². The maximum atomic E-state index is 13.6. The van der Waals surface area contributed by atoms with Gasteiger partial charge in [0.1, 0.15) is 23.7 Å². The minimum absolute atomic E-state index is 0.00521. The standard InChI is InChI=1S/C42H67N9O6/c1-7-27(2)38(42(57)46-26-32-25-44-29(4)47-39(32)43)50-37(54)23-35(52)33(21-30-15-10-8-11-16-30)49-40(55)28(3)24-45-41(56)34(22-31-17-12-9-13-18-31)48-36(53)19-14-20-51(5)6/h9,12-13,17-18,25,27-28,30,33-35,38,52H,7-8,10-11,14-16,19-24,26H2,1-6H3,(H,45,56)(H,46,57)(H,48,53)(H,49,55)(H,50,54)(H2,43,44,47)/t27-,28+,33-,34-,35-,38-/m0/s1. The lowest BCUT2D eigenvalue weighted by molar-refractivity contribution is -0.132. The Morgan fingerprint density at radius 3 is 2.28 bits per heavy atom. The normalized spacial score (nSPS) is 16.4. The fourth-order valence-corrected chi connectivity index (χ4v) is 6.98. The second-order valence-corrected chi connectivity index (χ2v) is 16.0. The Labute approximate surface area is 338 Å². The molecule has 1 saturated carbocycles. The van der Waals surface area contributed by atoms with Crippen LogP contribution in [-0.2, 0) is 36.9 Å². The zero-order chi connectivity index (χ0) is 41.9. The summed E-state index contributed by atoms with van der Waals surface area (Å²) in [7, 11) is 3.87. The first-order valence-corrected chi connectivity index (χ1v) is 20.6. The van der Waals surface area contributed by atoms with Gasteiger partial charge in [-0.3, -0.25) is 24.0 Å². The number of aliphatic hydroxyl groups excluding tert-OH is 1. The van der Waals surface area contributed by atoms with Gasteiger partial charge in [0.05, 0.1) is 24.5 Å². The van der Waals surface area contributed by atoms with Gasteiger partial charge in [-0.25, -0.2) is 9.97 Å². The summed E-state index contributed by atoms with van der Waals surface area (Å²) in [6.45, 7) is 8.02. The quantitative estimate of drug-likeness (QED) is 0.0872. The molecule has 2 aromatic rings. The summed E-state index contributed by atoms with van der Waals surface area (Å²) in [5.41, 5.74) is 7.44. The van der Waals surface area contributed by atoms with E-state index in [-0.39, 0.29) is 55.4 Å². The lowest BCUT2D eigenvalue weighted by atomic mass is 9.83. The predicted octanol–water partition coefficient (Wildman–Crippen LogP) is 2.54. The molecule has 0 radical (unpaired) electrons. The van der Waals surface area contributed by atoms with E-state index in [9.17, 15) is 29.1 Å². The van der Waals surface area contributed by atoms with Gasteiger partial charge in [-0.1, -0.05) is 89.6 Å². The largest absolute Gasteiger partial charge is 0.390 e. The number of nitrogens with one attached hydrogen (secondary N) is 5. The van der Waals surface area contributed by atoms with Crippen molar-refractivity contribution in [3.63, 3.8) is 0 Å². The molecule has 1 fully saturated rings. The number of benzene rings is 1. The lowest BCUT2D eigenvalue weighted by Crippen LogP contribution is -2.53. The third-order valence-electron chi connectivity index (χ3n) is 10.8. The number of aromatic nitrogens is 2. The van der Waals surface area contributed by atoms with E-state index in [1.165, 1.54) is 0 Å². The molecular weight excluding hydrogens is 727 g/mol. The second-order valence-electron chi connectivity index (χ2n) is 16.0. The van der Waals surface area contributed by atoms with Crippen molar-refractivity contribution < 1.29 is 29.1 Å². The predicted molar refractivity (Wildman–Crippen MR) is 220 cm³/mol. The highest BCUT2D eigenvalue weighted by Crippen LogP contribution is 2.28. The van der Waals surface area contributed by atoms with E-state index in [2.05, 4.69) is 36.6 Å². The van der Waals surface area contributed by atoms with Crippen molar-refractivity contribution in [3.05, 3.63) is 53.5 Å². The number of carbonyl (C=O) groups is 5. The molecule has 15 nitrogen and oxygen atoms in total. The summed E-state index contributed by atoms with van der Waals surface area (Å²) in [5.74, 6) is -1.75. The number of aliphatic hydroxyl groups is 1. The van der Waals surface area contributed by atoms with Crippen molar-refractivity contribution in [2.75, 3.05) is 32.9 Å². The van der Waals surface area contributed by atoms with Crippen LogP contribution in [0.15, 0.2) is 36.5 Å². The van der Waals surface area contributed by atoms with Crippen LogP contribution in [0, 0.1) is 24.7 Å². The van der Waals surface area contributed by atoms with Crippen LogP contribution < -0.4 is 32.3 Å². The Balaban J connectivity index is 1.63. The van der Waals surface area contributed by atoms with Gasteiger partial charge in [0.25, 0.3) is 0 Å². The van der Waals surface area contributed by atoms with Gasteiger partial charge < -0.3 is 42.3 Å². The van der Waals surface area contributed by atoms with Gasteiger partial charge in [-0.2, -0.15) is 0 Å². The molecule has 8 N–H and O–H groups in total. The van der Waals surface area contributed by atoms with Crippen molar-refractivity contribution in [2.45, 2.75) is 129 Å². The number of nitrogen functional groups attached to an aromatic ring is 1. The van der Waals surface area contributed by atoms with Gasteiger partial charge in [-0.15, -0.1) is 0 Å². The van der Waals surface area contributed by atoms with Crippen LogP contribution >= 0.6 is 0 Å². The number of rotatable bonds is 23. The van der Waals surface area contributed by atoms with Crippen LogP contribution in [0.5, 0.6) is 0 Å². The average molecular weight is 794 g/mol. The van der Waals surface area contributed by atoms with E-state index < -0.39 is 47.9 Å². The Morgan fingerprint density at radius 2 is 1.63 bits per heavy atom. The number of hydrogen-bond donors (Lipinski definition) is 7. The number of nitrogens with two attached hydrogens (primary N) is 1. The maximum absolute atomic E-state index is 13.6. The molecule has 0 unspecified atom stereocenters. The molecule has 0 bridgehead atoms. The minimum atomic E-state index is -1.22. The first kappa shape index (κ1) is 46.8. The molecule has 3 rings (SSSR count). The third kappa shape index (κ3) is 16.8. The molecule has 1 heterocycles. The van der Waals surface area contributed by atoms with E-state index in [0.29, 0.717) is 37.1 Å². The highest BCUT2D eigenvalue weighted by atomic mass is 16.3. The lowest BCUT2D eigenvalue weighted by Gasteiger charge is -2.31. The van der Waals surface area contributed by atoms with Gasteiger partial charge in [-0.05, 0) is 57.8 Å². The number of carbonyl (C=O) groups excluding carboxylic acids is 5. The van der Waals surface area contributed by atoms with Crippen molar-refractivity contribution >= 4 is 35.4 Å². The number of aryl methyl sites for hydroxylation is 1. The fourth-order valence-electron chi connectivity index (χ4n) is 6.98. The first-order valence-electron chi connectivity index (χ1n) is 20.6. The second kappa shape index (κ2) is 24.2. The Bertz CT molecular complexity index is 1590. The summed E-state index contributed by atoms with van der Waals surface area (Å²) < 4.78 is 0. The highest BCUT2D eigenvalue weighted by Gasteiger charge is 2.32. The number of amides is 5. The van der Waals surface area contributed by atoms with Crippen molar-refractivity contribution in [1.82, 2.24) is 41.5 Å². The molecule has 0 spiro atoms. The molecule has 15 heteroatoms. The van der Waals surface area contributed by atoms with Crippen LogP contribution in [0.1, 0.15) is 102 Å². The van der Waals surface area contributed by atoms with E-state index >= 15 is 0 Å². The van der Waals surface area contributed by atoms with Crippen molar-refractivity contribution in [2.24, 2.45) is 17.8 Å². The number of anilines is 1. The Kier molecular flexibility index (Phi) is 19.9. The summed E-state index contributed by atoms with van der Waals surface area (Å²) in [4.78, 5) is 76.9. The zero-order valence-electron chi connectivity index (χ0n) is 34.8. The third-order valence-corrected chi connectivity index (χ3v) is 10.8. The Hall–Kier alpha value is -4.63. The summed E-state index contributed by atoms with van der Waals surface area (Å²) >= 11 is 0. The summed E-state index contributed by atoms with van der Waals surface area (Å²) in [5, 5.41) is 25.8. The molecule has 0 aliphatic heterocycles. The minimum Gasteiger partial charge on any atom is -0.390 e. The van der Waals surface area contributed by atoms with Crippen LogP contribution in [0.3, 0.4) is 0 Å². The van der Waals surface area contributed by atoms with Crippen molar-refractivity contribution in [1.29, 1.82) is 0 Å². The monoisotopic (exact) mass is 794 g/mol. The van der Waals surface area contributed by atoms with Crippen molar-refractivity contribution in [3.8, 4) is 0 Å². The van der Waals surface area contributed by atoms with Gasteiger partial charge in [0.2, 0.25) is 29.5 Å². The molecule has 1 aromatic heterocycles. The molecule has 316 valence electrons. The van der Waals surface area contributed by atoms with Gasteiger partial charge >= 0.3 is 0 Å². The molecule has 57 heavy (non-hydrogen) atoms. The van der Waals surface area contributed by atoms with Crippen LogP contribution in [0.25, 0.3) is 0 Å². The van der Waals surface area contributed by atoms with E-state index in [1.54, 1.807) is 20.0 Å². The van der Waals surface area contributed by atoms with Gasteiger partial charge in [0, 0.05) is 37.7 Å². The number of nitrogens with zero attached hydrogens (tertiary/aromatic N) is 3. The van der Waals surface area contributed by atoms with Crippen LogP contribution in [0.2, 0.25) is 0 Å². The molecule has 1 aromatic carbocycles. The van der Waals surface area contributed by atoms with Crippen LogP contribution in [0.4, 0.5) is 5.82 Å².